The minimum atomic E-state index is -4.75. The van der Waals surface area contributed by atoms with Crippen LogP contribution in [0.5, 0.6) is 5.88 Å². The van der Waals surface area contributed by atoms with Crippen molar-refractivity contribution in [2.75, 3.05) is 45.7 Å². The predicted octanol–water partition coefficient (Wildman–Crippen LogP) is 0.909. The molecule has 2 atom stereocenters. The van der Waals surface area contributed by atoms with Gasteiger partial charge in [-0.15, -0.1) is 0 Å². The summed E-state index contributed by atoms with van der Waals surface area (Å²) in [5.74, 6) is -2.02. The van der Waals surface area contributed by atoms with Gasteiger partial charge in [0.1, 0.15) is 17.8 Å². The van der Waals surface area contributed by atoms with Crippen LogP contribution in [0.3, 0.4) is 0 Å². The van der Waals surface area contributed by atoms with Crippen LogP contribution in [0.1, 0.15) is 29.7 Å². The van der Waals surface area contributed by atoms with Crippen molar-refractivity contribution in [2.24, 2.45) is 10.7 Å². The second kappa shape index (κ2) is 13.6. The van der Waals surface area contributed by atoms with E-state index in [1.165, 1.54) is 19.4 Å². The lowest BCUT2D eigenvalue weighted by Crippen LogP contribution is -2.38. The maximum absolute atomic E-state index is 12.5. The third-order valence-corrected chi connectivity index (χ3v) is 6.69. The lowest BCUT2D eigenvalue weighted by atomic mass is 9.99. The first-order chi connectivity index (χ1) is 17.4. The molecule has 37 heavy (non-hydrogen) atoms. The van der Waals surface area contributed by atoms with Crippen LogP contribution in [0.2, 0.25) is 0 Å². The molecule has 0 radical (unpaired) electrons. The van der Waals surface area contributed by atoms with Gasteiger partial charge in [0.25, 0.3) is 0 Å². The molecule has 16 heteroatoms. The molecule has 2 unspecified atom stereocenters. The summed E-state index contributed by atoms with van der Waals surface area (Å²) >= 11 is 0. The molecule has 2 rings (SSSR count). The summed E-state index contributed by atoms with van der Waals surface area (Å²) in [6.45, 7) is 3.15. The van der Waals surface area contributed by atoms with Gasteiger partial charge in [-0.3, -0.25) is 10.3 Å². The van der Waals surface area contributed by atoms with Crippen molar-refractivity contribution < 1.29 is 36.2 Å². The van der Waals surface area contributed by atoms with E-state index in [1.807, 2.05) is 0 Å². The smallest absolute Gasteiger partial charge is 0.430 e. The number of pyridine rings is 1. The number of aliphatic imine (C=N–C) groups is 1. The Morgan fingerprint density at radius 3 is 2.70 bits per heavy atom. The number of allylic oxidation sites excluding steroid dienone is 2. The number of nitrogens with one attached hydrogen (secondary N) is 3. The molecule has 0 aliphatic carbocycles. The number of sulfonamides is 1. The highest BCUT2D eigenvalue weighted by Crippen LogP contribution is 2.27. The number of aliphatic hydroxyl groups excluding tert-OH is 1. The van der Waals surface area contributed by atoms with Gasteiger partial charge in [0.2, 0.25) is 15.9 Å². The van der Waals surface area contributed by atoms with Crippen molar-refractivity contribution in [3.8, 4) is 5.88 Å². The molecule has 1 fully saturated rings. The van der Waals surface area contributed by atoms with Crippen LogP contribution in [-0.2, 0) is 14.8 Å². The summed E-state index contributed by atoms with van der Waals surface area (Å²) in [4.78, 5) is 9.65. The number of amidine groups is 1. The minimum absolute atomic E-state index is 0.0819. The van der Waals surface area contributed by atoms with Gasteiger partial charge >= 0.3 is 6.18 Å². The fourth-order valence-electron chi connectivity index (χ4n) is 3.32. The normalized spacial score (nSPS) is 17.5. The number of methoxy groups -OCH3 is 1. The molecule has 2 heterocycles. The van der Waals surface area contributed by atoms with Crippen molar-refractivity contribution in [3.05, 3.63) is 35.2 Å². The molecule has 0 amide bonds. The molecule has 12 nitrogen and oxygen atoms in total. The van der Waals surface area contributed by atoms with Crippen molar-refractivity contribution in [3.63, 3.8) is 0 Å². The Morgan fingerprint density at radius 1 is 1.43 bits per heavy atom. The lowest BCUT2D eigenvalue weighted by Gasteiger charge is -2.26. The Kier molecular flexibility index (Phi) is 11.1. The minimum Gasteiger partial charge on any atom is -0.481 e. The fourth-order valence-corrected chi connectivity index (χ4v) is 4.42. The van der Waals surface area contributed by atoms with Crippen molar-refractivity contribution in [2.45, 2.75) is 24.7 Å². The predicted molar refractivity (Wildman–Crippen MR) is 131 cm³/mol. The molecule has 0 aromatic carbocycles. The number of halogens is 3. The number of rotatable bonds is 12. The van der Waals surface area contributed by atoms with Gasteiger partial charge in [-0.25, -0.2) is 18.4 Å². The molecule has 0 saturated carbocycles. The Hall–Kier alpha value is -2.92. The molecule has 6 N–H and O–H groups in total. The average Bonchev–Trinajstić information content (AvgIpc) is 2.84. The fraction of sp³-hybridized carbons (Fsp3) is 0.524. The molecule has 0 bridgehead atoms. The number of ether oxygens (including phenoxy) is 2. The third-order valence-electron chi connectivity index (χ3n) is 5.29. The molecule has 1 aliphatic heterocycles. The summed E-state index contributed by atoms with van der Waals surface area (Å²) < 4.78 is 75.0. The molecule has 0 spiro atoms. The number of nitrogens with two attached hydrogens (primary N) is 1. The zero-order valence-corrected chi connectivity index (χ0v) is 20.8. The monoisotopic (exact) mass is 549 g/mol. The second-order valence-electron chi connectivity index (χ2n) is 7.94. The molecule has 1 aliphatic rings. The second-order valence-corrected chi connectivity index (χ2v) is 9.81. The summed E-state index contributed by atoms with van der Waals surface area (Å²) in [6.07, 6.45) is -3.01. The molecular weight excluding hydrogens is 519 g/mol. The number of hydrogen-bond donors (Lipinski definition) is 5. The van der Waals surface area contributed by atoms with Crippen LogP contribution in [0, 0.1) is 10.8 Å². The average molecular weight is 550 g/mol. The number of aromatic nitrogens is 1. The molecule has 1 aromatic heterocycles. The van der Waals surface area contributed by atoms with Gasteiger partial charge in [-0.2, -0.15) is 17.9 Å². The van der Waals surface area contributed by atoms with Gasteiger partial charge in [0.05, 0.1) is 37.6 Å². The van der Waals surface area contributed by atoms with Crippen LogP contribution in [0.25, 0.3) is 0 Å². The molecule has 1 saturated heterocycles. The van der Waals surface area contributed by atoms with Crippen LogP contribution in [-0.4, -0.2) is 93.6 Å². The number of morpholine rings is 1. The van der Waals surface area contributed by atoms with E-state index in [4.69, 9.17) is 26.0 Å². The Bertz CT molecular complexity index is 1110. The van der Waals surface area contributed by atoms with Gasteiger partial charge in [0, 0.05) is 31.7 Å². The zero-order chi connectivity index (χ0) is 27.6. The van der Waals surface area contributed by atoms with Crippen molar-refractivity contribution in [1.82, 2.24) is 14.6 Å². The van der Waals surface area contributed by atoms with Gasteiger partial charge in [-0.05, 0) is 30.7 Å². The topological polar surface area (TPSA) is 187 Å². The van der Waals surface area contributed by atoms with Gasteiger partial charge in [0.15, 0.2) is 0 Å². The highest BCUT2D eigenvalue weighted by Gasteiger charge is 2.31. The highest BCUT2D eigenvalue weighted by molar-refractivity contribution is 7.89. The summed E-state index contributed by atoms with van der Waals surface area (Å²) in [5, 5.41) is 26.2. The largest absolute Gasteiger partial charge is 0.481 e. The maximum atomic E-state index is 12.5. The summed E-state index contributed by atoms with van der Waals surface area (Å²) in [5.41, 5.74) is 3.52. The molecular formula is C21H30F3N7O5S. The van der Waals surface area contributed by atoms with Gasteiger partial charge in [-0.1, -0.05) is 0 Å². The number of nitrogens with zero attached hydrogens (tertiary/aromatic N) is 3. The quantitative estimate of drug-likeness (QED) is 0.145. The van der Waals surface area contributed by atoms with E-state index in [1.54, 1.807) is 0 Å². The van der Waals surface area contributed by atoms with Gasteiger partial charge < -0.3 is 25.7 Å². The van der Waals surface area contributed by atoms with Crippen molar-refractivity contribution >= 4 is 28.3 Å². The standard InChI is InChI=1S/C21H30F3N7O5S/c1-35-20-15(19(32)30-37(33,34)10-2-5-31-6-8-36-9-7-31)11-14(13-29-20)16(12-25)18(27)28-4-3-17(26)21(22,23)24/h3-4,11-13,16,19,25,27,30,32H,2,5-10,26H2,1H3. The third kappa shape index (κ3) is 9.47. The summed E-state index contributed by atoms with van der Waals surface area (Å²) in [7, 11) is -2.65. The SMILES string of the molecule is COc1ncc(C(C=N)C(=N)N=CC=C(N)C(F)(F)F)cc1C(O)NS(=O)(=O)CCCN1CCOCC1. The number of hydrogen-bond acceptors (Lipinski definition) is 10. The Labute approximate surface area is 212 Å². The summed E-state index contributed by atoms with van der Waals surface area (Å²) in [6, 6.07) is 1.27. The van der Waals surface area contributed by atoms with Crippen molar-refractivity contribution in [1.29, 1.82) is 10.8 Å². The Morgan fingerprint density at radius 2 is 2.11 bits per heavy atom. The van der Waals surface area contributed by atoms with Crippen LogP contribution in [0.4, 0.5) is 13.2 Å². The van der Waals surface area contributed by atoms with E-state index in [9.17, 15) is 26.7 Å². The first-order valence-corrected chi connectivity index (χ1v) is 12.7. The highest BCUT2D eigenvalue weighted by atomic mass is 32.2. The van der Waals surface area contributed by atoms with E-state index in [2.05, 4.69) is 19.6 Å². The van der Waals surface area contributed by atoms with Crippen LogP contribution >= 0.6 is 0 Å². The van der Waals surface area contributed by atoms with E-state index in [-0.39, 0.29) is 22.8 Å². The number of aliphatic hydroxyl groups is 1. The first-order valence-electron chi connectivity index (χ1n) is 11.1. The van der Waals surface area contributed by atoms with E-state index >= 15 is 0 Å². The zero-order valence-electron chi connectivity index (χ0n) is 20.0. The maximum Gasteiger partial charge on any atom is 0.430 e. The van der Waals surface area contributed by atoms with E-state index in [0.717, 1.165) is 6.21 Å². The van der Waals surface area contributed by atoms with E-state index < -0.39 is 39.9 Å². The Balaban J connectivity index is 2.13. The number of alkyl halides is 3. The molecule has 206 valence electrons. The lowest BCUT2D eigenvalue weighted by molar-refractivity contribution is -0.0925. The van der Waals surface area contributed by atoms with Crippen LogP contribution in [0.15, 0.2) is 29.0 Å². The van der Waals surface area contributed by atoms with Crippen LogP contribution < -0.4 is 15.2 Å². The van der Waals surface area contributed by atoms with E-state index in [0.29, 0.717) is 51.6 Å². The molecule has 1 aromatic rings. The first kappa shape index (κ1) is 30.3.